The Morgan fingerprint density at radius 1 is 1.25 bits per heavy atom. The lowest BCUT2D eigenvalue weighted by Gasteiger charge is -2.09. The van der Waals surface area contributed by atoms with Crippen LogP contribution in [0.5, 0.6) is 5.75 Å². The van der Waals surface area contributed by atoms with Gasteiger partial charge < -0.3 is 15.4 Å². The fraction of sp³-hybridized carbons (Fsp3) is 0.500. The largest absolute Gasteiger partial charge is 0.496 e. The molecule has 3 nitrogen and oxygen atoms in total. The van der Waals surface area contributed by atoms with Crippen molar-refractivity contribution < 1.29 is 4.74 Å². The predicted octanol–water partition coefficient (Wildman–Crippen LogP) is 2.87. The van der Waals surface area contributed by atoms with Crippen LogP contribution in [0.2, 0.25) is 0 Å². The van der Waals surface area contributed by atoms with Crippen LogP contribution in [0.15, 0.2) is 22.7 Å². The summed E-state index contributed by atoms with van der Waals surface area (Å²) in [6, 6.07) is 6.03. The van der Waals surface area contributed by atoms with E-state index in [1.165, 1.54) is 12.8 Å². The summed E-state index contributed by atoms with van der Waals surface area (Å²) in [5.74, 6) is 0.862. The van der Waals surface area contributed by atoms with Crippen LogP contribution in [0.4, 0.5) is 5.69 Å². The zero-order valence-corrected chi connectivity index (χ0v) is 11.4. The summed E-state index contributed by atoms with van der Waals surface area (Å²) in [6.07, 6.45) is 2.37. The van der Waals surface area contributed by atoms with Gasteiger partial charge in [-0.15, -0.1) is 0 Å². The first kappa shape index (κ1) is 13.3. The first-order valence-electron chi connectivity index (χ1n) is 5.50. The molecule has 0 aliphatic heterocycles. The molecule has 0 bridgehead atoms. The highest BCUT2D eigenvalue weighted by atomic mass is 79.9. The van der Waals surface area contributed by atoms with E-state index in [4.69, 9.17) is 4.74 Å². The topological polar surface area (TPSA) is 33.3 Å². The van der Waals surface area contributed by atoms with Crippen molar-refractivity contribution in [2.75, 3.05) is 32.6 Å². The summed E-state index contributed by atoms with van der Waals surface area (Å²) in [4.78, 5) is 0. The number of methoxy groups -OCH3 is 1. The van der Waals surface area contributed by atoms with Crippen molar-refractivity contribution in [1.29, 1.82) is 0 Å². The molecule has 1 rings (SSSR count). The third-order valence-corrected chi connectivity index (χ3v) is 2.95. The van der Waals surface area contributed by atoms with Crippen molar-refractivity contribution in [2.45, 2.75) is 12.8 Å². The second kappa shape index (κ2) is 7.52. The summed E-state index contributed by atoms with van der Waals surface area (Å²) >= 11 is 3.47. The molecule has 0 spiro atoms. The highest BCUT2D eigenvalue weighted by Crippen LogP contribution is 2.27. The minimum Gasteiger partial charge on any atom is -0.496 e. The maximum atomic E-state index is 5.17. The van der Waals surface area contributed by atoms with Crippen molar-refractivity contribution in [3.63, 3.8) is 0 Å². The van der Waals surface area contributed by atoms with Crippen LogP contribution in [-0.4, -0.2) is 27.2 Å². The molecule has 4 heteroatoms. The molecule has 0 aliphatic rings. The molecule has 0 amide bonds. The van der Waals surface area contributed by atoms with Crippen LogP contribution < -0.4 is 15.4 Å². The summed E-state index contributed by atoms with van der Waals surface area (Å²) in [5, 5.41) is 6.52. The Morgan fingerprint density at radius 3 is 2.62 bits per heavy atom. The fourth-order valence-corrected chi connectivity index (χ4v) is 1.98. The van der Waals surface area contributed by atoms with Crippen molar-refractivity contribution >= 4 is 21.6 Å². The van der Waals surface area contributed by atoms with Gasteiger partial charge in [-0.2, -0.15) is 0 Å². The Bertz CT molecular complexity index is 318. The highest BCUT2D eigenvalue weighted by Gasteiger charge is 2.00. The Hall–Kier alpha value is -0.740. The molecule has 0 aliphatic carbocycles. The maximum Gasteiger partial charge on any atom is 0.133 e. The molecule has 1 aromatic rings. The number of hydrogen-bond donors (Lipinski definition) is 2. The Kier molecular flexibility index (Phi) is 6.26. The van der Waals surface area contributed by atoms with Gasteiger partial charge in [0.2, 0.25) is 0 Å². The van der Waals surface area contributed by atoms with Crippen molar-refractivity contribution in [1.82, 2.24) is 5.32 Å². The normalized spacial score (nSPS) is 10.2. The van der Waals surface area contributed by atoms with Crippen LogP contribution in [0.1, 0.15) is 12.8 Å². The first-order valence-corrected chi connectivity index (χ1v) is 6.29. The van der Waals surface area contributed by atoms with Gasteiger partial charge in [0.05, 0.1) is 11.6 Å². The van der Waals surface area contributed by atoms with Crippen LogP contribution in [0.3, 0.4) is 0 Å². The molecule has 0 aromatic heterocycles. The van der Waals surface area contributed by atoms with Gasteiger partial charge in [0.15, 0.2) is 0 Å². The third kappa shape index (κ3) is 4.41. The summed E-state index contributed by atoms with van der Waals surface area (Å²) in [6.45, 7) is 2.08. The van der Waals surface area contributed by atoms with E-state index in [2.05, 4.69) is 26.6 Å². The molecule has 0 saturated heterocycles. The van der Waals surface area contributed by atoms with E-state index in [0.717, 1.165) is 29.0 Å². The highest BCUT2D eigenvalue weighted by molar-refractivity contribution is 9.10. The summed E-state index contributed by atoms with van der Waals surface area (Å²) in [5.41, 5.74) is 1.12. The lowest BCUT2D eigenvalue weighted by molar-refractivity contribution is 0.412. The van der Waals surface area contributed by atoms with Gasteiger partial charge in [0.25, 0.3) is 0 Å². The monoisotopic (exact) mass is 286 g/mol. The maximum absolute atomic E-state index is 5.17. The fourth-order valence-electron chi connectivity index (χ4n) is 1.44. The van der Waals surface area contributed by atoms with Gasteiger partial charge in [0, 0.05) is 12.2 Å². The number of hydrogen-bond acceptors (Lipinski definition) is 3. The van der Waals surface area contributed by atoms with E-state index in [1.54, 1.807) is 7.11 Å². The molecule has 0 heterocycles. The molecule has 16 heavy (non-hydrogen) atoms. The molecule has 0 unspecified atom stereocenters. The van der Waals surface area contributed by atoms with E-state index < -0.39 is 0 Å². The molecule has 0 radical (unpaired) electrons. The molecular formula is C12H19BrN2O. The van der Waals surface area contributed by atoms with Gasteiger partial charge in [-0.1, -0.05) is 0 Å². The lowest BCUT2D eigenvalue weighted by Crippen LogP contribution is -2.10. The van der Waals surface area contributed by atoms with Crippen molar-refractivity contribution in [3.8, 4) is 5.75 Å². The van der Waals surface area contributed by atoms with Gasteiger partial charge >= 0.3 is 0 Å². The second-order valence-corrected chi connectivity index (χ2v) is 4.44. The van der Waals surface area contributed by atoms with E-state index in [0.29, 0.717) is 0 Å². The molecule has 90 valence electrons. The number of benzene rings is 1. The van der Waals surface area contributed by atoms with Gasteiger partial charge in [0.1, 0.15) is 5.75 Å². The summed E-state index contributed by atoms with van der Waals surface area (Å²) < 4.78 is 6.16. The van der Waals surface area contributed by atoms with Crippen molar-refractivity contribution in [2.24, 2.45) is 0 Å². The molecule has 2 N–H and O–H groups in total. The minimum absolute atomic E-state index is 0.862. The average Bonchev–Trinajstić information content (AvgIpc) is 2.29. The second-order valence-electron chi connectivity index (χ2n) is 3.59. The van der Waals surface area contributed by atoms with E-state index >= 15 is 0 Å². The SMILES string of the molecule is CNCCCCNc1ccc(OC)c(Br)c1. The number of ether oxygens (including phenoxy) is 1. The Morgan fingerprint density at radius 2 is 2.00 bits per heavy atom. The smallest absolute Gasteiger partial charge is 0.133 e. The zero-order chi connectivity index (χ0) is 11.8. The molecule has 0 fully saturated rings. The predicted molar refractivity (Wildman–Crippen MR) is 72.3 cm³/mol. The zero-order valence-electron chi connectivity index (χ0n) is 9.85. The van der Waals surface area contributed by atoms with Gasteiger partial charge in [-0.25, -0.2) is 0 Å². The number of halogens is 1. The Labute approximate surface area is 106 Å². The molecular weight excluding hydrogens is 268 g/mol. The van der Waals surface area contributed by atoms with Crippen LogP contribution in [-0.2, 0) is 0 Å². The lowest BCUT2D eigenvalue weighted by atomic mass is 10.2. The van der Waals surface area contributed by atoms with Crippen LogP contribution in [0, 0.1) is 0 Å². The quantitative estimate of drug-likeness (QED) is 0.757. The molecule has 1 aromatic carbocycles. The van der Waals surface area contributed by atoms with E-state index in [-0.39, 0.29) is 0 Å². The average molecular weight is 287 g/mol. The molecule has 0 atom stereocenters. The van der Waals surface area contributed by atoms with Crippen molar-refractivity contribution in [3.05, 3.63) is 22.7 Å². The minimum atomic E-state index is 0.862. The molecule has 0 saturated carbocycles. The van der Waals surface area contributed by atoms with E-state index in [1.807, 2.05) is 25.2 Å². The first-order chi connectivity index (χ1) is 7.77. The number of unbranched alkanes of at least 4 members (excludes halogenated alkanes) is 1. The Balaban J connectivity index is 2.34. The third-order valence-electron chi connectivity index (χ3n) is 2.33. The van der Waals surface area contributed by atoms with Crippen LogP contribution >= 0.6 is 15.9 Å². The van der Waals surface area contributed by atoms with Gasteiger partial charge in [-0.3, -0.25) is 0 Å². The number of rotatable bonds is 7. The van der Waals surface area contributed by atoms with Crippen LogP contribution in [0.25, 0.3) is 0 Å². The number of anilines is 1. The standard InChI is InChI=1S/C12H19BrN2O/c1-14-7-3-4-8-15-10-5-6-12(16-2)11(13)9-10/h5-6,9,14-15H,3-4,7-8H2,1-2H3. The van der Waals surface area contributed by atoms with E-state index in [9.17, 15) is 0 Å². The van der Waals surface area contributed by atoms with Gasteiger partial charge in [-0.05, 0) is 60.6 Å². The number of nitrogens with one attached hydrogen (secondary N) is 2. The summed E-state index contributed by atoms with van der Waals surface area (Å²) in [7, 11) is 3.65.